The Labute approximate surface area is 177 Å². The first-order valence-electron chi connectivity index (χ1n) is 9.64. The molecule has 2 aromatic carbocycles. The highest BCUT2D eigenvalue weighted by Crippen LogP contribution is 2.30. The molecular formula is C22H22ClF3N2O2. The Balaban J connectivity index is 1.54. The molecule has 1 atom stereocenters. The molecule has 2 amide bonds. The molecule has 1 fully saturated rings. The minimum absolute atomic E-state index is 0.0332. The lowest BCUT2D eigenvalue weighted by Gasteiger charge is -2.29. The van der Waals surface area contributed by atoms with E-state index in [2.05, 4.69) is 10.6 Å². The van der Waals surface area contributed by atoms with Gasteiger partial charge in [0, 0.05) is 29.9 Å². The highest BCUT2D eigenvalue weighted by Gasteiger charge is 2.37. The molecule has 160 valence electrons. The van der Waals surface area contributed by atoms with Crippen molar-refractivity contribution in [3.63, 3.8) is 0 Å². The smallest absolute Gasteiger partial charge is 0.352 e. The molecule has 3 rings (SSSR count). The molecule has 1 heterocycles. The summed E-state index contributed by atoms with van der Waals surface area (Å²) in [5.74, 6) is -0.249. The average molecular weight is 439 g/mol. The van der Waals surface area contributed by atoms with Crippen molar-refractivity contribution in [2.24, 2.45) is 0 Å². The van der Waals surface area contributed by atoms with Crippen LogP contribution in [0.4, 0.5) is 13.2 Å². The summed E-state index contributed by atoms with van der Waals surface area (Å²) in [6.07, 6.45) is -2.05. The van der Waals surface area contributed by atoms with Crippen molar-refractivity contribution in [3.05, 3.63) is 70.2 Å². The van der Waals surface area contributed by atoms with Crippen molar-refractivity contribution in [3.8, 4) is 0 Å². The van der Waals surface area contributed by atoms with Crippen molar-refractivity contribution < 1.29 is 22.8 Å². The minimum atomic E-state index is -4.38. The SMILES string of the molecule is O=C(CCC1(Cc2ccc(Cl)cc2)CCC(=O)N1)NCc1ccc(C(F)(F)F)cc1. The Morgan fingerprint density at radius 1 is 1.07 bits per heavy atom. The van der Waals surface area contributed by atoms with Crippen LogP contribution in [0.25, 0.3) is 0 Å². The summed E-state index contributed by atoms with van der Waals surface area (Å²) < 4.78 is 37.8. The van der Waals surface area contributed by atoms with Crippen molar-refractivity contribution >= 4 is 23.4 Å². The van der Waals surface area contributed by atoms with E-state index < -0.39 is 17.3 Å². The van der Waals surface area contributed by atoms with E-state index in [-0.39, 0.29) is 24.8 Å². The van der Waals surface area contributed by atoms with Crippen LogP contribution in [-0.2, 0) is 28.7 Å². The van der Waals surface area contributed by atoms with Gasteiger partial charge in [0.15, 0.2) is 0 Å². The fourth-order valence-electron chi connectivity index (χ4n) is 3.63. The van der Waals surface area contributed by atoms with Crippen molar-refractivity contribution in [1.29, 1.82) is 0 Å². The Kier molecular flexibility index (Phi) is 6.71. The topological polar surface area (TPSA) is 58.2 Å². The lowest BCUT2D eigenvalue weighted by molar-refractivity contribution is -0.137. The number of halogens is 4. The molecule has 0 radical (unpaired) electrons. The second kappa shape index (κ2) is 9.08. The Morgan fingerprint density at radius 3 is 2.27 bits per heavy atom. The molecule has 8 heteroatoms. The molecular weight excluding hydrogens is 417 g/mol. The second-order valence-electron chi connectivity index (χ2n) is 7.60. The maximum Gasteiger partial charge on any atom is 0.416 e. The minimum Gasteiger partial charge on any atom is -0.352 e. The van der Waals surface area contributed by atoms with Crippen molar-refractivity contribution in [2.45, 2.75) is 50.4 Å². The van der Waals surface area contributed by atoms with E-state index in [9.17, 15) is 22.8 Å². The number of amides is 2. The van der Waals surface area contributed by atoms with E-state index in [0.717, 1.165) is 17.7 Å². The first-order chi connectivity index (χ1) is 14.2. The molecule has 1 aliphatic rings. The quantitative estimate of drug-likeness (QED) is 0.661. The molecule has 2 N–H and O–H groups in total. The van der Waals surface area contributed by atoms with Crippen LogP contribution < -0.4 is 10.6 Å². The van der Waals surface area contributed by atoms with Gasteiger partial charge in [-0.25, -0.2) is 0 Å². The van der Waals surface area contributed by atoms with Crippen LogP contribution in [0.3, 0.4) is 0 Å². The molecule has 0 spiro atoms. The first kappa shape index (κ1) is 22.2. The van der Waals surface area contributed by atoms with E-state index in [4.69, 9.17) is 11.6 Å². The van der Waals surface area contributed by atoms with Gasteiger partial charge in [0.25, 0.3) is 0 Å². The van der Waals surface area contributed by atoms with Gasteiger partial charge in [-0.05, 0) is 54.7 Å². The van der Waals surface area contributed by atoms with Crippen LogP contribution in [0.5, 0.6) is 0 Å². The van der Waals surface area contributed by atoms with Crippen LogP contribution in [0, 0.1) is 0 Å². The van der Waals surface area contributed by atoms with E-state index in [1.807, 2.05) is 12.1 Å². The highest BCUT2D eigenvalue weighted by molar-refractivity contribution is 6.30. The molecule has 2 aromatic rings. The predicted molar refractivity (Wildman–Crippen MR) is 108 cm³/mol. The molecule has 0 aromatic heterocycles. The zero-order chi connectivity index (χ0) is 21.8. The summed E-state index contributed by atoms with van der Waals surface area (Å²) in [6.45, 7) is 0.146. The zero-order valence-electron chi connectivity index (χ0n) is 16.2. The lowest BCUT2D eigenvalue weighted by Crippen LogP contribution is -2.44. The largest absolute Gasteiger partial charge is 0.416 e. The number of carbonyl (C=O) groups excluding carboxylic acids is 2. The van der Waals surface area contributed by atoms with Gasteiger partial charge in [0.05, 0.1) is 5.56 Å². The van der Waals surface area contributed by atoms with Crippen LogP contribution in [0.2, 0.25) is 5.02 Å². The van der Waals surface area contributed by atoms with Crippen LogP contribution in [0.1, 0.15) is 42.4 Å². The fourth-order valence-corrected chi connectivity index (χ4v) is 3.75. The summed E-state index contributed by atoms with van der Waals surface area (Å²) in [7, 11) is 0. The maximum atomic E-state index is 12.6. The molecule has 4 nitrogen and oxygen atoms in total. The first-order valence-corrected chi connectivity index (χ1v) is 10.0. The summed E-state index contributed by atoms with van der Waals surface area (Å²) >= 11 is 5.93. The van der Waals surface area contributed by atoms with Gasteiger partial charge in [-0.2, -0.15) is 13.2 Å². The van der Waals surface area contributed by atoms with Gasteiger partial charge >= 0.3 is 6.18 Å². The normalized spacial score (nSPS) is 18.9. The van der Waals surface area contributed by atoms with Gasteiger partial charge < -0.3 is 10.6 Å². The summed E-state index contributed by atoms with van der Waals surface area (Å²) in [6, 6.07) is 12.1. The third kappa shape index (κ3) is 5.98. The average Bonchev–Trinajstić information content (AvgIpc) is 3.07. The van der Waals surface area contributed by atoms with Crippen LogP contribution in [-0.4, -0.2) is 17.4 Å². The monoisotopic (exact) mass is 438 g/mol. The Hall–Kier alpha value is -2.54. The van der Waals surface area contributed by atoms with Gasteiger partial charge in [0.2, 0.25) is 11.8 Å². The van der Waals surface area contributed by atoms with Crippen molar-refractivity contribution in [2.75, 3.05) is 0 Å². The second-order valence-corrected chi connectivity index (χ2v) is 8.04. The van der Waals surface area contributed by atoms with E-state index in [0.29, 0.717) is 36.3 Å². The molecule has 0 bridgehead atoms. The molecule has 0 aliphatic carbocycles. The van der Waals surface area contributed by atoms with E-state index in [1.165, 1.54) is 12.1 Å². The van der Waals surface area contributed by atoms with Gasteiger partial charge in [-0.15, -0.1) is 0 Å². The standard InChI is InChI=1S/C22H22ClF3N2O2/c23-18-7-3-15(4-8-18)13-21(12-10-20(30)28-21)11-9-19(29)27-14-16-1-5-17(6-2-16)22(24,25)26/h1-8H,9-14H2,(H,27,29)(H,28,30). The van der Waals surface area contributed by atoms with E-state index in [1.54, 1.807) is 12.1 Å². The van der Waals surface area contributed by atoms with Crippen LogP contribution in [0.15, 0.2) is 48.5 Å². The van der Waals surface area contributed by atoms with Gasteiger partial charge in [-0.1, -0.05) is 35.9 Å². The number of hydrogen-bond donors (Lipinski definition) is 2. The number of nitrogens with one attached hydrogen (secondary N) is 2. The zero-order valence-corrected chi connectivity index (χ0v) is 16.9. The predicted octanol–water partition coefficient (Wildman–Crippen LogP) is 4.65. The summed E-state index contributed by atoms with van der Waals surface area (Å²) in [4.78, 5) is 24.1. The molecule has 30 heavy (non-hydrogen) atoms. The van der Waals surface area contributed by atoms with Crippen LogP contribution >= 0.6 is 11.6 Å². The fraction of sp³-hybridized carbons (Fsp3) is 0.364. The third-order valence-electron chi connectivity index (χ3n) is 5.29. The summed E-state index contributed by atoms with van der Waals surface area (Å²) in [5.41, 5.74) is 0.392. The number of carbonyl (C=O) groups is 2. The highest BCUT2D eigenvalue weighted by atomic mass is 35.5. The number of hydrogen-bond acceptors (Lipinski definition) is 2. The molecule has 1 aliphatic heterocycles. The Bertz CT molecular complexity index is 898. The Morgan fingerprint density at radius 2 is 1.70 bits per heavy atom. The van der Waals surface area contributed by atoms with E-state index >= 15 is 0 Å². The van der Waals surface area contributed by atoms with Crippen molar-refractivity contribution in [1.82, 2.24) is 10.6 Å². The van der Waals surface area contributed by atoms with Gasteiger partial charge in [-0.3, -0.25) is 9.59 Å². The molecule has 0 saturated carbocycles. The lowest BCUT2D eigenvalue weighted by atomic mass is 9.85. The number of rotatable bonds is 7. The van der Waals surface area contributed by atoms with Gasteiger partial charge in [0.1, 0.15) is 0 Å². The molecule has 1 unspecified atom stereocenters. The number of alkyl halides is 3. The number of benzene rings is 2. The molecule has 1 saturated heterocycles. The summed E-state index contributed by atoms with van der Waals surface area (Å²) in [5, 5.41) is 6.38. The maximum absolute atomic E-state index is 12.6. The third-order valence-corrected chi connectivity index (χ3v) is 5.54.